The van der Waals surface area contributed by atoms with E-state index in [1.54, 1.807) is 0 Å². The van der Waals surface area contributed by atoms with Gasteiger partial charge in [-0.05, 0) is 57.6 Å². The molecule has 4 heterocycles. The Bertz CT molecular complexity index is 1630. The maximum atomic E-state index is 6.82. The summed E-state index contributed by atoms with van der Waals surface area (Å²) < 4.78 is 7.91. The number of fused-ring (bicyclic) bond motifs is 6. The second-order valence-corrected chi connectivity index (χ2v) is 12.1. The van der Waals surface area contributed by atoms with Crippen LogP contribution in [0.3, 0.4) is 0 Å². The predicted molar refractivity (Wildman–Crippen MR) is 166 cm³/mol. The van der Waals surface area contributed by atoms with Crippen LogP contribution in [0.5, 0.6) is 0 Å². The van der Waals surface area contributed by atoms with Crippen molar-refractivity contribution in [3.63, 3.8) is 0 Å². The van der Waals surface area contributed by atoms with E-state index in [1.807, 2.05) is 12.3 Å². The van der Waals surface area contributed by atoms with Crippen LogP contribution in [0.15, 0.2) is 104 Å². The second-order valence-electron chi connectivity index (χ2n) is 12.1. The zero-order valence-corrected chi connectivity index (χ0v) is 23.5. The van der Waals surface area contributed by atoms with E-state index in [0.717, 1.165) is 28.4 Å². The Labute approximate surface area is 237 Å². The van der Waals surface area contributed by atoms with Gasteiger partial charge in [-0.25, -0.2) is 0 Å². The van der Waals surface area contributed by atoms with Crippen LogP contribution < -0.4 is 0 Å². The molecule has 3 heteroatoms. The molecule has 0 spiro atoms. The standard InChI is InChI=1S/C37H39N2O/c1-3-21-40-37(33-17-19-38-35-16-10-9-15-32(33)35)36-23-27-18-20-39(36,24-26(27)4-2)25-34-30-13-7-5-11-28(30)22-29-12-6-8-14-31(29)34/h3,5-17,19,22,26-27,36-37H,1,4,18,20-21,23-25H2,2H3/q+1/t26?,27?,36?,37-,39?/m1/s1. The van der Waals surface area contributed by atoms with Crippen LogP contribution in [0.25, 0.3) is 32.4 Å². The lowest BCUT2D eigenvalue weighted by Gasteiger charge is -2.59. The lowest BCUT2D eigenvalue weighted by atomic mass is 9.70. The van der Waals surface area contributed by atoms with E-state index in [0.29, 0.717) is 12.6 Å². The topological polar surface area (TPSA) is 22.1 Å². The highest BCUT2D eigenvalue weighted by Gasteiger charge is 2.55. The van der Waals surface area contributed by atoms with Crippen molar-refractivity contribution in [3.05, 3.63) is 115 Å². The number of pyridine rings is 1. The molecule has 8 rings (SSSR count). The minimum atomic E-state index is -0.00672. The van der Waals surface area contributed by atoms with Gasteiger partial charge in [0.25, 0.3) is 0 Å². The van der Waals surface area contributed by atoms with Crippen molar-refractivity contribution in [2.45, 2.75) is 44.9 Å². The van der Waals surface area contributed by atoms with Crippen molar-refractivity contribution >= 4 is 32.4 Å². The van der Waals surface area contributed by atoms with Crippen molar-refractivity contribution in [2.24, 2.45) is 11.8 Å². The van der Waals surface area contributed by atoms with Gasteiger partial charge in [0.1, 0.15) is 18.7 Å². The monoisotopic (exact) mass is 527 g/mol. The fraction of sp³-hybridized carbons (Fsp3) is 0.324. The van der Waals surface area contributed by atoms with E-state index in [2.05, 4.69) is 98.4 Å². The van der Waals surface area contributed by atoms with Crippen LogP contribution in [0, 0.1) is 11.8 Å². The van der Waals surface area contributed by atoms with Crippen molar-refractivity contribution in [3.8, 4) is 0 Å². The Hall–Kier alpha value is -3.53. The van der Waals surface area contributed by atoms with Crippen LogP contribution >= 0.6 is 0 Å². The highest BCUT2D eigenvalue weighted by atomic mass is 16.5. The van der Waals surface area contributed by atoms with Gasteiger partial charge in [0, 0.05) is 35.9 Å². The lowest BCUT2D eigenvalue weighted by molar-refractivity contribution is -0.985. The number of piperidine rings is 3. The summed E-state index contributed by atoms with van der Waals surface area (Å²) in [7, 11) is 0. The molecule has 1 aromatic heterocycles. The SMILES string of the molecule is C=CCO[C@H](c1ccnc2ccccc12)C1CC2CC[N+]1(Cc1c3ccccc3cc3ccccc13)CC2CC. The molecular formula is C37H39N2O+. The van der Waals surface area contributed by atoms with Gasteiger partial charge in [0.15, 0.2) is 0 Å². The molecule has 0 N–H and O–H groups in total. The Morgan fingerprint density at radius 2 is 1.65 bits per heavy atom. The summed E-state index contributed by atoms with van der Waals surface area (Å²) in [5, 5.41) is 6.67. The van der Waals surface area contributed by atoms with Crippen LogP contribution in [-0.2, 0) is 11.3 Å². The molecule has 3 aliphatic heterocycles. The number of rotatable bonds is 8. The largest absolute Gasteiger partial charge is 0.363 e. The van der Waals surface area contributed by atoms with E-state index >= 15 is 0 Å². The fourth-order valence-corrected chi connectivity index (χ4v) is 8.18. The minimum absolute atomic E-state index is 0.00672. The molecule has 0 radical (unpaired) electrons. The van der Waals surface area contributed by atoms with Crippen LogP contribution in [0.1, 0.15) is 43.4 Å². The Morgan fingerprint density at radius 1 is 0.950 bits per heavy atom. The third-order valence-electron chi connectivity index (χ3n) is 10.1. The number of hydrogen-bond donors (Lipinski definition) is 0. The van der Waals surface area contributed by atoms with Gasteiger partial charge in [-0.3, -0.25) is 4.98 Å². The number of hydrogen-bond acceptors (Lipinski definition) is 2. The van der Waals surface area contributed by atoms with Gasteiger partial charge >= 0.3 is 0 Å². The summed E-state index contributed by atoms with van der Waals surface area (Å²) in [6.07, 6.45) is 7.64. The summed E-state index contributed by atoms with van der Waals surface area (Å²) >= 11 is 0. The Kier molecular flexibility index (Phi) is 6.65. The van der Waals surface area contributed by atoms with Gasteiger partial charge in [-0.15, -0.1) is 6.58 Å². The van der Waals surface area contributed by atoms with Crippen molar-refractivity contribution in [1.29, 1.82) is 0 Å². The average molecular weight is 528 g/mol. The maximum absolute atomic E-state index is 6.82. The fourth-order valence-electron chi connectivity index (χ4n) is 8.18. The zero-order chi connectivity index (χ0) is 27.1. The van der Waals surface area contributed by atoms with Gasteiger partial charge in [-0.2, -0.15) is 0 Å². The predicted octanol–water partition coefficient (Wildman–Crippen LogP) is 8.62. The van der Waals surface area contributed by atoms with Gasteiger partial charge in [0.2, 0.25) is 0 Å². The highest BCUT2D eigenvalue weighted by molar-refractivity contribution is 6.02. The number of benzene rings is 4. The van der Waals surface area contributed by atoms with Crippen LogP contribution in [-0.4, -0.2) is 35.2 Å². The zero-order valence-electron chi connectivity index (χ0n) is 23.5. The first-order valence-electron chi connectivity index (χ1n) is 15.0. The van der Waals surface area contributed by atoms with E-state index in [9.17, 15) is 0 Å². The second kappa shape index (κ2) is 10.5. The molecule has 4 aromatic carbocycles. The normalized spacial score (nSPS) is 25.0. The average Bonchev–Trinajstić information content (AvgIpc) is 3.01. The first-order valence-corrected chi connectivity index (χ1v) is 15.0. The molecule has 2 bridgehead atoms. The molecule has 3 aliphatic rings. The first kappa shape index (κ1) is 25.4. The molecule has 0 aliphatic carbocycles. The number of quaternary nitrogens is 1. The van der Waals surface area contributed by atoms with Crippen molar-refractivity contribution in [2.75, 3.05) is 19.7 Å². The summed E-state index contributed by atoms with van der Waals surface area (Å²) in [5.74, 6) is 1.53. The van der Waals surface area contributed by atoms with Crippen LogP contribution in [0.4, 0.5) is 0 Å². The molecule has 5 aromatic rings. The molecule has 0 amide bonds. The molecule has 4 unspecified atom stereocenters. The smallest absolute Gasteiger partial charge is 0.135 e. The molecule has 3 fully saturated rings. The van der Waals surface area contributed by atoms with Gasteiger partial charge in [0.05, 0.1) is 25.2 Å². The number of ether oxygens (including phenoxy) is 1. The number of aromatic nitrogens is 1. The van der Waals surface area contributed by atoms with E-state index in [1.165, 1.54) is 70.4 Å². The lowest BCUT2D eigenvalue weighted by Crippen LogP contribution is -2.68. The Balaban J connectivity index is 1.41. The van der Waals surface area contributed by atoms with Gasteiger partial charge in [-0.1, -0.05) is 79.7 Å². The number of para-hydroxylation sites is 1. The maximum Gasteiger partial charge on any atom is 0.135 e. The quantitative estimate of drug-likeness (QED) is 0.114. The van der Waals surface area contributed by atoms with Gasteiger partial charge < -0.3 is 9.22 Å². The summed E-state index contributed by atoms with van der Waals surface area (Å²) in [4.78, 5) is 4.70. The number of nitrogens with zero attached hydrogens (tertiary/aromatic N) is 2. The Morgan fingerprint density at radius 3 is 2.38 bits per heavy atom. The van der Waals surface area contributed by atoms with E-state index in [-0.39, 0.29) is 6.10 Å². The molecule has 40 heavy (non-hydrogen) atoms. The summed E-state index contributed by atoms with van der Waals surface area (Å²) in [6.45, 7) is 10.4. The first-order chi connectivity index (χ1) is 19.7. The molecule has 5 atom stereocenters. The van der Waals surface area contributed by atoms with Crippen LogP contribution in [0.2, 0.25) is 0 Å². The third kappa shape index (κ3) is 4.24. The molecule has 202 valence electrons. The molecule has 3 nitrogen and oxygen atoms in total. The van der Waals surface area contributed by atoms with E-state index in [4.69, 9.17) is 9.72 Å². The van der Waals surface area contributed by atoms with E-state index < -0.39 is 0 Å². The summed E-state index contributed by atoms with van der Waals surface area (Å²) in [6, 6.07) is 31.5. The molecular weight excluding hydrogens is 488 g/mol. The summed E-state index contributed by atoms with van der Waals surface area (Å²) in [5.41, 5.74) is 3.82. The third-order valence-corrected chi connectivity index (χ3v) is 10.1. The molecule has 0 saturated carbocycles. The van der Waals surface area contributed by atoms with Crippen molar-refractivity contribution < 1.29 is 9.22 Å². The minimum Gasteiger partial charge on any atom is -0.363 e. The molecule has 3 saturated heterocycles. The highest BCUT2D eigenvalue weighted by Crippen LogP contribution is 2.50. The van der Waals surface area contributed by atoms with Crippen molar-refractivity contribution in [1.82, 2.24) is 4.98 Å².